The van der Waals surface area contributed by atoms with Gasteiger partial charge in [-0.1, -0.05) is 165 Å². The van der Waals surface area contributed by atoms with Gasteiger partial charge in [0, 0.05) is 75.5 Å². The smallest absolute Gasteiger partial charge is 0.306 e. The lowest BCUT2D eigenvalue weighted by molar-refractivity contribution is -0.156. The molecule has 3 saturated heterocycles. The van der Waals surface area contributed by atoms with Crippen LogP contribution in [-0.4, -0.2) is 224 Å². The molecule has 9 saturated carbocycles. The standard InChI is InChI=1S/2C38H49N3O7S.C37H48N4O7S/c1-5-27-20-38(27,36(45)39-22-25-17-18-25)21-32(42)31-23-40(49(46,47)33-16-10-12-26-11-6-9-15-29(26)33)24-41(31)35(44)30(37(2,3)4)19-34(43)48-28-13-7-8-14-28;1-5-28-20-38(28,36(45)39-22-25-14-15-25)21-33(42)32-23-40(49(46,47)30-17-16-26-10-6-7-11-27(26)18-30)24-41(32)35(44)31(37(2,3)4)19-34(43)48-29-12-8-9-13-29;1-5-26-19-37(26,35(45)39-21-24-15-16-24)20-30(42)29-22-40(49(46,47)31-14-8-10-25-11-9-17-38-33(25)31)23-41(29)34(44)28(36(2,3)4)18-32(43)48-27-12-6-7-13-27/h5-6,9-12,15-16,25,27-28,30-31H,1,7-8,13-14,17-24H2,2-4H3,(H,39,45);5-7,10-11,16-18,25,28-29,31-32H,1,8-9,12-15,19-24H2,2-4H3,(H,39,45);5,8-11,14,17,24,26-29H,1,6-7,12-13,15-16,18-23H2,2-4H3,(H,39,45)/t27-,30-,31+,38-;28-,31-,32+,38-;26-,28-,29+,37-/m111/s1. The third-order valence-electron chi connectivity index (χ3n) is 32.9. The van der Waals surface area contributed by atoms with Crippen molar-refractivity contribution in [3.05, 3.63) is 159 Å². The van der Waals surface area contributed by atoms with Gasteiger partial charge in [0.05, 0.1) is 88.6 Å². The predicted molar refractivity (Wildman–Crippen MR) is 554 cm³/mol. The lowest BCUT2D eigenvalue weighted by Crippen LogP contribution is -2.49. The van der Waals surface area contributed by atoms with Crippen molar-refractivity contribution in [1.29, 1.82) is 0 Å². The molecule has 12 aliphatic rings. The van der Waals surface area contributed by atoms with Crippen LogP contribution in [0.3, 0.4) is 0 Å². The zero-order valence-electron chi connectivity index (χ0n) is 86.4. The number of ether oxygens (including phenoxy) is 3. The molecule has 12 fully saturated rings. The highest BCUT2D eigenvalue weighted by Gasteiger charge is 2.65. The number of sulfonamides is 3. The number of rotatable bonds is 39. The van der Waals surface area contributed by atoms with Gasteiger partial charge in [-0.05, 0) is 233 Å². The molecule has 6 amide bonds. The van der Waals surface area contributed by atoms with E-state index in [0.717, 1.165) is 136 Å². The predicted octanol–water partition coefficient (Wildman–Crippen LogP) is 15.0. The molecule has 3 N–H and O–H groups in total. The summed E-state index contributed by atoms with van der Waals surface area (Å²) in [7, 11) is -12.5. The van der Waals surface area contributed by atoms with Crippen LogP contribution in [0, 0.1) is 85.8 Å². The van der Waals surface area contributed by atoms with Crippen molar-refractivity contribution in [3.8, 4) is 0 Å². The van der Waals surface area contributed by atoms with Crippen molar-refractivity contribution < 1.29 is 97.0 Å². The van der Waals surface area contributed by atoms with Gasteiger partial charge < -0.3 is 44.9 Å². The first-order chi connectivity index (χ1) is 69.7. The molecular weight excluding hydrogens is 1930 g/mol. The first-order valence-corrected chi connectivity index (χ1v) is 57.1. The van der Waals surface area contributed by atoms with Crippen LogP contribution in [0.2, 0.25) is 0 Å². The SMILES string of the molecule is C=C[C@@H]1C[C@]1(CC(=O)[C@@H]1CN(S(=O)(=O)c2ccc3ccccc3c2)CN1C(=O)[C@@H](CC(=O)OC1CCCC1)C(C)(C)C)C(=O)NCC1CC1.C=C[C@@H]1C[C@]1(CC(=O)[C@@H]1CN(S(=O)(=O)c2cccc3ccccc23)CN1C(=O)[C@@H](CC(=O)OC1CCCC1)C(C)(C)C)C(=O)NCC1CC1.C=C[C@@H]1C[C@]1(CC(=O)[C@@H]1CN(S(=O)(=O)c2cccc3cccnc23)CN1C(=O)[C@@H](CC(=O)OC1CCCC1)C(C)(C)C)C(=O)NCC1CC1. The van der Waals surface area contributed by atoms with E-state index < -0.39 is 140 Å². The van der Waals surface area contributed by atoms with Crippen LogP contribution < -0.4 is 16.0 Å². The molecular formula is C113H146N10O21S3. The van der Waals surface area contributed by atoms with Gasteiger partial charge in [-0.15, -0.1) is 19.7 Å². The Bertz CT molecular complexity index is 6160. The zero-order valence-corrected chi connectivity index (χ0v) is 88.9. The Morgan fingerprint density at radius 2 is 0.707 bits per heavy atom. The maximum Gasteiger partial charge on any atom is 0.306 e. The molecule has 3 aliphatic heterocycles. The number of esters is 3. The van der Waals surface area contributed by atoms with Gasteiger partial charge in [0.25, 0.3) is 0 Å². The maximum absolute atomic E-state index is 14.6. The van der Waals surface area contributed by atoms with Gasteiger partial charge in [-0.3, -0.25) is 62.5 Å². The Kier molecular flexibility index (Phi) is 32.6. The number of aromatic nitrogens is 1. The number of para-hydroxylation sites is 1. The summed E-state index contributed by atoms with van der Waals surface area (Å²) in [6.07, 6.45) is 23.7. The third kappa shape index (κ3) is 24.6. The number of Topliss-reactive ketones (excluding diaryl/α,β-unsaturated/α-hetero) is 3. The summed E-state index contributed by atoms with van der Waals surface area (Å²) >= 11 is 0. The van der Waals surface area contributed by atoms with Gasteiger partial charge >= 0.3 is 17.9 Å². The maximum atomic E-state index is 14.6. The summed E-state index contributed by atoms with van der Waals surface area (Å²) in [5.74, 6) is -6.43. The highest BCUT2D eigenvalue weighted by Crippen LogP contribution is 2.60. The van der Waals surface area contributed by atoms with E-state index in [1.807, 2.05) is 105 Å². The molecule has 5 aromatic carbocycles. The second kappa shape index (κ2) is 44.0. The molecule has 12 atom stereocenters. The van der Waals surface area contributed by atoms with E-state index in [1.165, 1.54) is 47.7 Å². The second-order valence-corrected chi connectivity index (χ2v) is 52.4. The molecule has 9 aliphatic carbocycles. The average Bonchev–Trinajstić information content (AvgIpc) is 1.57. The summed E-state index contributed by atoms with van der Waals surface area (Å²) < 4.78 is 106. The van der Waals surface area contributed by atoms with Crippen LogP contribution in [0.25, 0.3) is 32.4 Å². The molecule has 6 aromatic rings. The largest absolute Gasteiger partial charge is 0.462 e. The first kappa shape index (κ1) is 109. The number of carbonyl (C=O) groups excluding carboxylic acids is 12. The summed E-state index contributed by atoms with van der Waals surface area (Å²) in [5, 5.41) is 12.6. The number of pyridine rings is 1. The third-order valence-corrected chi connectivity index (χ3v) is 38.3. The molecule has 31 nitrogen and oxygen atoms in total. The Hall–Kier alpha value is -10.8. The van der Waals surface area contributed by atoms with Crippen molar-refractivity contribution in [2.45, 2.75) is 287 Å². The monoisotopic (exact) mass is 2070 g/mol. The van der Waals surface area contributed by atoms with Crippen LogP contribution in [0.15, 0.2) is 174 Å². The van der Waals surface area contributed by atoms with E-state index in [0.29, 0.717) is 67.4 Å². The van der Waals surface area contributed by atoms with Crippen LogP contribution >= 0.6 is 0 Å². The molecule has 34 heteroatoms. The quantitative estimate of drug-likeness (QED) is 0.0183. The molecule has 1 aromatic heterocycles. The highest BCUT2D eigenvalue weighted by molar-refractivity contribution is 7.90. The Balaban J connectivity index is 0.000000158. The van der Waals surface area contributed by atoms with E-state index in [2.05, 4.69) is 40.7 Å². The van der Waals surface area contributed by atoms with Crippen molar-refractivity contribution in [2.75, 3.05) is 59.3 Å². The van der Waals surface area contributed by atoms with Crippen molar-refractivity contribution in [1.82, 2.24) is 48.5 Å². The van der Waals surface area contributed by atoms with E-state index in [9.17, 15) is 82.8 Å². The number of benzene rings is 5. The number of ketones is 3. The molecule has 18 rings (SSSR count). The van der Waals surface area contributed by atoms with E-state index >= 15 is 0 Å². The number of nitrogens with zero attached hydrogens (tertiary/aromatic N) is 7. The lowest BCUT2D eigenvalue weighted by Gasteiger charge is -2.34. The molecule has 4 heterocycles. The van der Waals surface area contributed by atoms with Crippen molar-refractivity contribution >= 4 is 133 Å². The number of allylic oxidation sites excluding steroid dienone is 3. The highest BCUT2D eigenvalue weighted by atomic mass is 32.2. The molecule has 0 bridgehead atoms. The number of hydrogen-bond acceptors (Lipinski definition) is 22. The number of hydrogen-bond donors (Lipinski definition) is 3. The normalized spacial score (nSPS) is 25.2. The minimum absolute atomic E-state index is 0.0246. The van der Waals surface area contributed by atoms with E-state index in [1.54, 1.807) is 72.8 Å². The fourth-order valence-corrected chi connectivity index (χ4v) is 27.1. The molecule has 0 spiro atoms. The zero-order chi connectivity index (χ0) is 105. The lowest BCUT2D eigenvalue weighted by atomic mass is 9.77. The van der Waals surface area contributed by atoms with Crippen molar-refractivity contribution in [3.63, 3.8) is 0 Å². The number of carbonyl (C=O) groups is 12. The fourth-order valence-electron chi connectivity index (χ4n) is 22.5. The Morgan fingerprint density at radius 3 is 1.06 bits per heavy atom. The summed E-state index contributed by atoms with van der Waals surface area (Å²) in [5.41, 5.74) is -4.74. The second-order valence-electron chi connectivity index (χ2n) is 46.7. The van der Waals surface area contributed by atoms with Crippen LogP contribution in [0.4, 0.5) is 0 Å². The van der Waals surface area contributed by atoms with Gasteiger partial charge in [0.2, 0.25) is 65.5 Å². The topological polar surface area (TPSA) is 403 Å². The van der Waals surface area contributed by atoms with Gasteiger partial charge in [0.1, 0.15) is 41.3 Å². The molecule has 792 valence electrons. The van der Waals surface area contributed by atoms with Gasteiger partial charge in [0.15, 0.2) is 17.3 Å². The molecule has 0 unspecified atom stereocenters. The Morgan fingerprint density at radius 1 is 0.388 bits per heavy atom. The van der Waals surface area contributed by atoms with Crippen LogP contribution in [0.1, 0.15) is 236 Å². The Labute approximate surface area is 864 Å². The number of fused-ring (bicyclic) bond motifs is 3. The van der Waals surface area contributed by atoms with Gasteiger partial charge in [-0.25, -0.2) is 25.3 Å². The fraction of sp³-hybridized carbons (Fsp3) is 0.584. The van der Waals surface area contributed by atoms with Crippen LogP contribution in [0.5, 0.6) is 0 Å². The van der Waals surface area contributed by atoms with Crippen molar-refractivity contribution in [2.24, 2.45) is 85.8 Å². The molecule has 0 radical (unpaired) electrons. The summed E-state index contributed by atoms with van der Waals surface area (Å²) in [6.45, 7) is 28.1. The minimum atomic E-state index is -4.23. The average molecular weight is 2080 g/mol. The minimum Gasteiger partial charge on any atom is -0.462 e. The van der Waals surface area contributed by atoms with E-state index in [4.69, 9.17) is 14.2 Å². The van der Waals surface area contributed by atoms with Gasteiger partial charge in [-0.2, -0.15) is 12.9 Å². The summed E-state index contributed by atoms with van der Waals surface area (Å²) in [6, 6.07) is 29.5. The van der Waals surface area contributed by atoms with Crippen LogP contribution in [-0.2, 0) is 102 Å². The summed E-state index contributed by atoms with van der Waals surface area (Å²) in [4.78, 5) is 175. The number of amides is 6. The first-order valence-electron chi connectivity index (χ1n) is 52.8. The van der Waals surface area contributed by atoms with E-state index in [-0.39, 0.29) is 164 Å². The molecule has 147 heavy (non-hydrogen) atoms. The number of nitrogens with one attached hydrogen (secondary N) is 3.